The summed E-state index contributed by atoms with van der Waals surface area (Å²) in [5.74, 6) is -0.894. The highest BCUT2D eigenvalue weighted by Gasteiger charge is 2.41. The Hall–Kier alpha value is -2.17. The van der Waals surface area contributed by atoms with Gasteiger partial charge in [0.15, 0.2) is 0 Å². The second kappa shape index (κ2) is 12.4. The molecular weight excluding hydrogens is 368 g/mol. The second-order valence-corrected chi connectivity index (χ2v) is 7.69. The molecular formula is C24H34O5. The number of esters is 1. The fourth-order valence-corrected chi connectivity index (χ4v) is 3.53. The molecule has 160 valence electrons. The monoisotopic (exact) mass is 402 g/mol. The van der Waals surface area contributed by atoms with Gasteiger partial charge in [0.25, 0.3) is 0 Å². The third-order valence-corrected chi connectivity index (χ3v) is 5.30. The van der Waals surface area contributed by atoms with E-state index in [2.05, 4.69) is 6.92 Å². The van der Waals surface area contributed by atoms with Crippen LogP contribution < -0.4 is 4.74 Å². The summed E-state index contributed by atoms with van der Waals surface area (Å²) in [6.45, 7) is 4.45. The van der Waals surface area contributed by atoms with Crippen LogP contribution in [0.15, 0.2) is 18.2 Å². The molecule has 2 rings (SSSR count). The molecule has 0 fully saturated rings. The van der Waals surface area contributed by atoms with Gasteiger partial charge in [-0.25, -0.2) is 0 Å². The third kappa shape index (κ3) is 6.98. The minimum absolute atomic E-state index is 0.126. The zero-order valence-electron chi connectivity index (χ0n) is 17.8. The maximum Gasteiger partial charge on any atom is 0.306 e. The summed E-state index contributed by atoms with van der Waals surface area (Å²) in [4.78, 5) is 36.2. The standard InChI is InChI=1S/C24H34O5/c1-3-5-6-7-8-9-10-11-12-13-16-28-18-14-15-19-20(17-18)23(27)24(22(19)26)29-21(25)4-2/h14-15,17,24H,3-13,16H2,1-2H3. The van der Waals surface area contributed by atoms with Crippen molar-refractivity contribution in [2.75, 3.05) is 6.61 Å². The van der Waals surface area contributed by atoms with Gasteiger partial charge in [-0.2, -0.15) is 0 Å². The molecule has 0 N–H and O–H groups in total. The lowest BCUT2D eigenvalue weighted by atomic mass is 10.1. The normalized spacial score (nSPS) is 15.4. The maximum atomic E-state index is 12.4. The highest BCUT2D eigenvalue weighted by atomic mass is 16.6. The summed E-state index contributed by atoms with van der Waals surface area (Å²) >= 11 is 0. The smallest absolute Gasteiger partial charge is 0.306 e. The number of unbranched alkanes of at least 4 members (excludes halogenated alkanes) is 9. The van der Waals surface area contributed by atoms with Crippen LogP contribution in [0.5, 0.6) is 5.75 Å². The van der Waals surface area contributed by atoms with Crippen LogP contribution >= 0.6 is 0 Å². The van der Waals surface area contributed by atoms with Gasteiger partial charge in [0.2, 0.25) is 17.7 Å². The number of hydrogen-bond donors (Lipinski definition) is 0. The van der Waals surface area contributed by atoms with E-state index < -0.39 is 23.6 Å². The van der Waals surface area contributed by atoms with E-state index in [1.165, 1.54) is 51.4 Å². The first kappa shape index (κ1) is 23.1. The van der Waals surface area contributed by atoms with E-state index >= 15 is 0 Å². The number of Topliss-reactive ketones (excluding diaryl/α,β-unsaturated/α-hetero) is 2. The van der Waals surface area contributed by atoms with E-state index in [0.29, 0.717) is 17.9 Å². The lowest BCUT2D eigenvalue weighted by Gasteiger charge is -2.08. The molecule has 0 radical (unpaired) electrons. The van der Waals surface area contributed by atoms with Gasteiger partial charge < -0.3 is 9.47 Å². The zero-order chi connectivity index (χ0) is 21.1. The van der Waals surface area contributed by atoms with Crippen molar-refractivity contribution in [1.82, 2.24) is 0 Å². The number of rotatable bonds is 14. The van der Waals surface area contributed by atoms with Crippen LogP contribution in [0, 0.1) is 0 Å². The van der Waals surface area contributed by atoms with E-state index in [4.69, 9.17) is 9.47 Å². The molecule has 1 unspecified atom stereocenters. The summed E-state index contributed by atoms with van der Waals surface area (Å²) in [6, 6.07) is 4.87. The third-order valence-electron chi connectivity index (χ3n) is 5.30. The van der Waals surface area contributed by atoms with E-state index in [-0.39, 0.29) is 12.0 Å². The predicted octanol–water partition coefficient (Wildman–Crippen LogP) is 5.69. The Bertz CT molecular complexity index is 695. The molecule has 0 aromatic heterocycles. The highest BCUT2D eigenvalue weighted by Crippen LogP contribution is 2.28. The van der Waals surface area contributed by atoms with E-state index in [1.54, 1.807) is 25.1 Å². The Morgan fingerprint density at radius 3 is 2.03 bits per heavy atom. The number of benzene rings is 1. The number of fused-ring (bicyclic) bond motifs is 1. The predicted molar refractivity (Wildman–Crippen MR) is 113 cm³/mol. The van der Waals surface area contributed by atoms with Gasteiger partial charge >= 0.3 is 5.97 Å². The maximum absolute atomic E-state index is 12.4. The van der Waals surface area contributed by atoms with Crippen molar-refractivity contribution in [2.45, 2.75) is 90.6 Å². The number of hydrogen-bond acceptors (Lipinski definition) is 5. The number of carbonyl (C=O) groups excluding carboxylic acids is 3. The first-order valence-electron chi connectivity index (χ1n) is 11.1. The molecule has 0 heterocycles. The fourth-order valence-electron chi connectivity index (χ4n) is 3.53. The van der Waals surface area contributed by atoms with Gasteiger partial charge in [0.05, 0.1) is 6.61 Å². The average Bonchev–Trinajstić information content (AvgIpc) is 2.96. The van der Waals surface area contributed by atoms with Crippen LogP contribution in [0.1, 0.15) is 105 Å². The SMILES string of the molecule is CCCCCCCCCCCCOc1ccc2c(c1)C(=O)C(OC(=O)CC)C2=O. The molecule has 0 saturated heterocycles. The lowest BCUT2D eigenvalue weighted by Crippen LogP contribution is -2.28. The van der Waals surface area contributed by atoms with Crippen LogP contribution in [-0.4, -0.2) is 30.2 Å². The highest BCUT2D eigenvalue weighted by molar-refractivity contribution is 6.29. The van der Waals surface area contributed by atoms with Crippen molar-refractivity contribution in [1.29, 1.82) is 0 Å². The van der Waals surface area contributed by atoms with Crippen molar-refractivity contribution in [3.63, 3.8) is 0 Å². The molecule has 1 atom stereocenters. The first-order valence-corrected chi connectivity index (χ1v) is 11.1. The summed E-state index contributed by atoms with van der Waals surface area (Å²) in [5, 5.41) is 0. The Balaban J connectivity index is 1.68. The first-order chi connectivity index (χ1) is 14.1. The summed E-state index contributed by atoms with van der Waals surface area (Å²) in [7, 11) is 0. The Morgan fingerprint density at radius 2 is 1.41 bits per heavy atom. The minimum Gasteiger partial charge on any atom is -0.494 e. The molecule has 0 saturated carbocycles. The van der Waals surface area contributed by atoms with Gasteiger partial charge in [-0.3, -0.25) is 14.4 Å². The minimum atomic E-state index is -1.34. The molecule has 5 heteroatoms. The molecule has 1 aliphatic rings. The van der Waals surface area contributed by atoms with Crippen molar-refractivity contribution in [2.24, 2.45) is 0 Å². The summed E-state index contributed by atoms with van der Waals surface area (Å²) in [5.41, 5.74) is 0.583. The molecule has 5 nitrogen and oxygen atoms in total. The van der Waals surface area contributed by atoms with Crippen molar-refractivity contribution >= 4 is 17.5 Å². The van der Waals surface area contributed by atoms with Gasteiger partial charge in [0, 0.05) is 17.5 Å². The largest absolute Gasteiger partial charge is 0.494 e. The number of ether oxygens (including phenoxy) is 2. The second-order valence-electron chi connectivity index (χ2n) is 7.69. The van der Waals surface area contributed by atoms with Crippen molar-refractivity contribution in [3.05, 3.63) is 29.3 Å². The van der Waals surface area contributed by atoms with Gasteiger partial charge in [0.1, 0.15) is 5.75 Å². The number of ketones is 2. The Morgan fingerprint density at radius 1 is 0.828 bits per heavy atom. The number of carbonyl (C=O) groups is 3. The van der Waals surface area contributed by atoms with E-state index in [0.717, 1.165) is 12.8 Å². The molecule has 1 aromatic carbocycles. The topological polar surface area (TPSA) is 69.7 Å². The quantitative estimate of drug-likeness (QED) is 0.227. The molecule has 0 aliphatic heterocycles. The van der Waals surface area contributed by atoms with E-state index in [1.807, 2.05) is 0 Å². The molecule has 0 bridgehead atoms. The van der Waals surface area contributed by atoms with Crippen LogP contribution in [-0.2, 0) is 9.53 Å². The molecule has 1 aromatic rings. The molecule has 1 aliphatic carbocycles. The van der Waals surface area contributed by atoms with Crippen molar-refractivity contribution in [3.8, 4) is 5.75 Å². The summed E-state index contributed by atoms with van der Waals surface area (Å²) < 4.78 is 10.8. The van der Waals surface area contributed by atoms with Gasteiger partial charge in [-0.05, 0) is 24.6 Å². The Labute approximate surface area is 174 Å². The van der Waals surface area contributed by atoms with Gasteiger partial charge in [-0.1, -0.05) is 71.6 Å². The van der Waals surface area contributed by atoms with Crippen LogP contribution in [0.4, 0.5) is 0 Å². The van der Waals surface area contributed by atoms with Crippen LogP contribution in [0.3, 0.4) is 0 Å². The molecule has 29 heavy (non-hydrogen) atoms. The van der Waals surface area contributed by atoms with Crippen LogP contribution in [0.2, 0.25) is 0 Å². The van der Waals surface area contributed by atoms with Gasteiger partial charge in [-0.15, -0.1) is 0 Å². The van der Waals surface area contributed by atoms with Crippen LogP contribution in [0.25, 0.3) is 0 Å². The van der Waals surface area contributed by atoms with E-state index in [9.17, 15) is 14.4 Å². The van der Waals surface area contributed by atoms with Crippen molar-refractivity contribution < 1.29 is 23.9 Å². The average molecular weight is 403 g/mol. The zero-order valence-corrected chi connectivity index (χ0v) is 17.8. The Kier molecular flexibility index (Phi) is 9.89. The fraction of sp³-hybridized carbons (Fsp3) is 0.625. The molecule has 0 spiro atoms. The lowest BCUT2D eigenvalue weighted by molar-refractivity contribution is -0.144. The summed E-state index contributed by atoms with van der Waals surface area (Å²) in [6.07, 6.45) is 11.4. The molecule has 0 amide bonds.